The summed E-state index contributed by atoms with van der Waals surface area (Å²) in [5.41, 5.74) is 5.22. The lowest BCUT2D eigenvalue weighted by molar-refractivity contribution is 0.224. The van der Waals surface area contributed by atoms with E-state index in [1.54, 1.807) is 11.3 Å². The zero-order chi connectivity index (χ0) is 9.90. The Morgan fingerprint density at radius 1 is 1.62 bits per heavy atom. The Balaban J connectivity index is 2.43. The molecular formula is C7H13N3OS2. The van der Waals surface area contributed by atoms with Crippen LogP contribution in [-0.2, 0) is 0 Å². The molecule has 1 atom stereocenters. The molecule has 1 aromatic heterocycles. The van der Waals surface area contributed by atoms with Crippen molar-refractivity contribution in [2.75, 3.05) is 12.4 Å². The smallest absolute Gasteiger partial charge is 0.174 e. The molecule has 13 heavy (non-hydrogen) atoms. The van der Waals surface area contributed by atoms with Crippen molar-refractivity contribution in [1.29, 1.82) is 0 Å². The van der Waals surface area contributed by atoms with E-state index in [0.717, 1.165) is 9.35 Å². The highest BCUT2D eigenvalue weighted by Gasteiger charge is 2.18. The Labute approximate surface area is 85.6 Å². The van der Waals surface area contributed by atoms with Crippen molar-refractivity contribution in [3.05, 3.63) is 5.01 Å². The lowest BCUT2D eigenvalue weighted by atomic mass is 10.1. The highest BCUT2D eigenvalue weighted by atomic mass is 32.2. The number of hydrogen-bond acceptors (Lipinski definition) is 6. The fourth-order valence-electron chi connectivity index (χ4n) is 0.609. The second-order valence-electron chi connectivity index (χ2n) is 3.19. The molecule has 0 spiro atoms. The molecule has 1 aromatic rings. The standard InChI is InChI=1S/C7H13N3OS2/c1-5-9-10-6(13-5)12-4-7(2,8)3-11/h11H,3-4,8H2,1-2H3. The fraction of sp³-hybridized carbons (Fsp3) is 0.714. The van der Waals surface area contributed by atoms with E-state index in [2.05, 4.69) is 10.2 Å². The predicted molar refractivity (Wildman–Crippen MR) is 55.0 cm³/mol. The van der Waals surface area contributed by atoms with E-state index in [9.17, 15) is 0 Å². The lowest BCUT2D eigenvalue weighted by Crippen LogP contribution is -2.42. The SMILES string of the molecule is Cc1nnc(SCC(C)(N)CO)s1. The van der Waals surface area contributed by atoms with E-state index in [4.69, 9.17) is 10.8 Å². The molecule has 0 aliphatic carbocycles. The van der Waals surface area contributed by atoms with E-state index < -0.39 is 5.54 Å². The first kappa shape index (κ1) is 10.9. The van der Waals surface area contributed by atoms with Gasteiger partial charge in [0.15, 0.2) is 4.34 Å². The van der Waals surface area contributed by atoms with Crippen molar-refractivity contribution in [1.82, 2.24) is 10.2 Å². The number of rotatable bonds is 4. The van der Waals surface area contributed by atoms with Gasteiger partial charge in [-0.1, -0.05) is 23.1 Å². The van der Waals surface area contributed by atoms with Crippen LogP contribution in [0.1, 0.15) is 11.9 Å². The van der Waals surface area contributed by atoms with Crippen LogP contribution in [0.25, 0.3) is 0 Å². The van der Waals surface area contributed by atoms with Gasteiger partial charge in [0.2, 0.25) is 0 Å². The quantitative estimate of drug-likeness (QED) is 0.727. The normalized spacial score (nSPS) is 15.7. The molecule has 0 saturated carbocycles. The highest BCUT2D eigenvalue weighted by molar-refractivity contribution is 8.01. The van der Waals surface area contributed by atoms with Gasteiger partial charge in [0, 0.05) is 11.3 Å². The van der Waals surface area contributed by atoms with Crippen LogP contribution >= 0.6 is 23.1 Å². The molecule has 0 amide bonds. The molecule has 0 aliphatic rings. The summed E-state index contributed by atoms with van der Waals surface area (Å²) < 4.78 is 0.905. The molecule has 0 aliphatic heterocycles. The lowest BCUT2D eigenvalue weighted by Gasteiger charge is -2.19. The molecule has 0 radical (unpaired) electrons. The molecule has 3 N–H and O–H groups in total. The molecule has 0 bridgehead atoms. The maximum Gasteiger partial charge on any atom is 0.174 e. The number of nitrogens with zero attached hydrogens (tertiary/aromatic N) is 2. The van der Waals surface area contributed by atoms with Crippen LogP contribution in [0.15, 0.2) is 4.34 Å². The molecule has 1 rings (SSSR count). The minimum absolute atomic E-state index is 0.0161. The summed E-state index contributed by atoms with van der Waals surface area (Å²) in [5, 5.41) is 17.7. The van der Waals surface area contributed by atoms with E-state index in [-0.39, 0.29) is 6.61 Å². The van der Waals surface area contributed by atoms with Crippen LogP contribution in [0, 0.1) is 6.92 Å². The summed E-state index contributed by atoms with van der Waals surface area (Å²) in [6.07, 6.45) is 0. The Morgan fingerprint density at radius 3 is 2.77 bits per heavy atom. The maximum atomic E-state index is 8.91. The van der Waals surface area contributed by atoms with Crippen molar-refractivity contribution in [3.63, 3.8) is 0 Å². The molecule has 0 fully saturated rings. The molecule has 4 nitrogen and oxygen atoms in total. The highest BCUT2D eigenvalue weighted by Crippen LogP contribution is 2.24. The number of hydrogen-bond donors (Lipinski definition) is 2. The Kier molecular flexibility index (Phi) is 3.66. The van der Waals surface area contributed by atoms with Gasteiger partial charge in [-0.3, -0.25) is 0 Å². The largest absolute Gasteiger partial charge is 0.394 e. The van der Waals surface area contributed by atoms with Gasteiger partial charge in [0.1, 0.15) is 5.01 Å². The maximum absolute atomic E-state index is 8.91. The number of nitrogens with two attached hydrogens (primary N) is 1. The van der Waals surface area contributed by atoms with Crippen molar-refractivity contribution >= 4 is 23.1 Å². The van der Waals surface area contributed by atoms with Crippen molar-refractivity contribution in [2.45, 2.75) is 23.7 Å². The minimum atomic E-state index is -0.537. The fourth-order valence-corrected chi connectivity index (χ4v) is 2.44. The Morgan fingerprint density at radius 2 is 2.31 bits per heavy atom. The first-order chi connectivity index (χ1) is 6.03. The number of thioether (sulfide) groups is 1. The molecular weight excluding hydrogens is 206 g/mol. The molecule has 0 aromatic carbocycles. The van der Waals surface area contributed by atoms with E-state index >= 15 is 0 Å². The topological polar surface area (TPSA) is 72.0 Å². The third kappa shape index (κ3) is 3.60. The predicted octanol–water partition coefficient (Wildman–Crippen LogP) is 0.648. The summed E-state index contributed by atoms with van der Waals surface area (Å²) in [4.78, 5) is 0. The van der Waals surface area contributed by atoms with Gasteiger partial charge >= 0.3 is 0 Å². The van der Waals surface area contributed by atoms with Crippen molar-refractivity contribution < 1.29 is 5.11 Å². The summed E-state index contributed by atoms with van der Waals surface area (Å²) in [5.74, 6) is 0.651. The second-order valence-corrected chi connectivity index (χ2v) is 5.59. The first-order valence-electron chi connectivity index (χ1n) is 3.86. The van der Waals surface area contributed by atoms with Gasteiger partial charge in [-0.05, 0) is 13.8 Å². The third-order valence-corrected chi connectivity index (χ3v) is 3.76. The van der Waals surface area contributed by atoms with Gasteiger partial charge < -0.3 is 10.8 Å². The Bertz CT molecular complexity index is 274. The zero-order valence-electron chi connectivity index (χ0n) is 7.65. The minimum Gasteiger partial charge on any atom is -0.394 e. The van der Waals surface area contributed by atoms with E-state index in [0.29, 0.717) is 5.75 Å². The molecule has 6 heteroatoms. The second kappa shape index (κ2) is 4.36. The molecule has 1 heterocycles. The zero-order valence-corrected chi connectivity index (χ0v) is 9.28. The molecule has 0 saturated heterocycles. The summed E-state index contributed by atoms with van der Waals surface area (Å²) in [6.45, 7) is 3.71. The summed E-state index contributed by atoms with van der Waals surface area (Å²) >= 11 is 3.08. The van der Waals surface area contributed by atoms with Gasteiger partial charge in [-0.2, -0.15) is 0 Å². The van der Waals surface area contributed by atoms with Crippen LogP contribution < -0.4 is 5.73 Å². The van der Waals surface area contributed by atoms with Crippen LogP contribution in [0.5, 0.6) is 0 Å². The van der Waals surface area contributed by atoms with Crippen molar-refractivity contribution in [2.24, 2.45) is 5.73 Å². The average molecular weight is 219 g/mol. The van der Waals surface area contributed by atoms with Gasteiger partial charge in [-0.15, -0.1) is 10.2 Å². The van der Waals surface area contributed by atoms with Crippen LogP contribution in [-0.4, -0.2) is 33.2 Å². The van der Waals surface area contributed by atoms with Crippen LogP contribution in [0.2, 0.25) is 0 Å². The number of aliphatic hydroxyl groups is 1. The average Bonchev–Trinajstić information content (AvgIpc) is 2.48. The van der Waals surface area contributed by atoms with E-state index in [1.165, 1.54) is 11.8 Å². The number of aromatic nitrogens is 2. The van der Waals surface area contributed by atoms with E-state index in [1.807, 2.05) is 13.8 Å². The molecule has 74 valence electrons. The number of aryl methyl sites for hydroxylation is 1. The van der Waals surface area contributed by atoms with Crippen LogP contribution in [0.3, 0.4) is 0 Å². The third-order valence-electron chi connectivity index (χ3n) is 1.39. The van der Waals surface area contributed by atoms with Gasteiger partial charge in [0.05, 0.1) is 6.61 Å². The van der Waals surface area contributed by atoms with Crippen LogP contribution in [0.4, 0.5) is 0 Å². The van der Waals surface area contributed by atoms with Gasteiger partial charge in [-0.25, -0.2) is 0 Å². The first-order valence-corrected chi connectivity index (χ1v) is 5.66. The Hall–Kier alpha value is -0.170. The number of aliphatic hydroxyl groups excluding tert-OH is 1. The monoisotopic (exact) mass is 219 g/mol. The summed E-state index contributed by atoms with van der Waals surface area (Å²) in [6, 6.07) is 0. The summed E-state index contributed by atoms with van der Waals surface area (Å²) in [7, 11) is 0. The van der Waals surface area contributed by atoms with Crippen molar-refractivity contribution in [3.8, 4) is 0 Å². The molecule has 1 unspecified atom stereocenters. The van der Waals surface area contributed by atoms with Gasteiger partial charge in [0.25, 0.3) is 0 Å².